The number of nitrogens with one attached hydrogen (secondary N) is 1. The zero-order valence-electron chi connectivity index (χ0n) is 18.3. The van der Waals surface area contributed by atoms with Crippen LogP contribution in [-0.2, 0) is 19.5 Å². The van der Waals surface area contributed by atoms with Gasteiger partial charge in [0.1, 0.15) is 5.82 Å². The van der Waals surface area contributed by atoms with Gasteiger partial charge in [-0.2, -0.15) is 5.10 Å². The lowest BCUT2D eigenvalue weighted by Crippen LogP contribution is -2.35. The molecule has 0 spiro atoms. The molecule has 2 aromatic heterocycles. The van der Waals surface area contributed by atoms with Crippen LogP contribution in [0.5, 0.6) is 0 Å². The molecule has 0 bridgehead atoms. The minimum Gasteiger partial charge on any atom is -0.399 e. The number of benzene rings is 2. The lowest BCUT2D eigenvalue weighted by atomic mass is 10.1. The zero-order valence-corrected chi connectivity index (χ0v) is 18.3. The molecule has 32 heavy (non-hydrogen) atoms. The van der Waals surface area contributed by atoms with Crippen LogP contribution in [-0.4, -0.2) is 31.2 Å². The average Bonchev–Trinajstić information content (AvgIpc) is 3.15. The molecule has 1 aliphatic heterocycles. The normalized spacial score (nSPS) is 13.8. The van der Waals surface area contributed by atoms with Crippen LogP contribution in [0.15, 0.2) is 59.5 Å². The van der Waals surface area contributed by atoms with E-state index in [1.165, 1.54) is 11.1 Å². The van der Waals surface area contributed by atoms with Crippen molar-refractivity contribution in [1.29, 1.82) is 0 Å². The third-order valence-corrected chi connectivity index (χ3v) is 6.18. The topological polar surface area (TPSA) is 92.8 Å². The Kier molecular flexibility index (Phi) is 5.11. The fourth-order valence-corrected chi connectivity index (χ4v) is 4.28. The van der Waals surface area contributed by atoms with Crippen molar-refractivity contribution in [2.24, 2.45) is 0 Å². The lowest BCUT2D eigenvalue weighted by Gasteiger charge is -2.27. The van der Waals surface area contributed by atoms with Crippen molar-refractivity contribution in [3.05, 3.63) is 93.2 Å². The summed E-state index contributed by atoms with van der Waals surface area (Å²) in [5.74, 6) is 0.595. The van der Waals surface area contributed by atoms with Crippen molar-refractivity contribution in [3.8, 4) is 17.1 Å². The number of aromatic nitrogens is 4. The van der Waals surface area contributed by atoms with Crippen LogP contribution in [0.4, 0.5) is 5.69 Å². The van der Waals surface area contributed by atoms with E-state index in [1.807, 2.05) is 47.3 Å². The number of nitrogens with two attached hydrogens (primary N) is 1. The van der Waals surface area contributed by atoms with Crippen LogP contribution in [0.25, 0.3) is 17.1 Å². The Morgan fingerprint density at radius 3 is 2.66 bits per heavy atom. The highest BCUT2D eigenvalue weighted by atomic mass is 16.1. The first-order valence-corrected chi connectivity index (χ1v) is 10.8. The van der Waals surface area contributed by atoms with E-state index in [-0.39, 0.29) is 5.56 Å². The summed E-state index contributed by atoms with van der Waals surface area (Å²) in [6.07, 6.45) is 2.68. The maximum Gasteiger partial charge on any atom is 0.255 e. The van der Waals surface area contributed by atoms with Gasteiger partial charge in [0.15, 0.2) is 0 Å². The van der Waals surface area contributed by atoms with Crippen molar-refractivity contribution < 1.29 is 0 Å². The smallest absolute Gasteiger partial charge is 0.255 e. The molecular formula is C25H26N6O. The van der Waals surface area contributed by atoms with Gasteiger partial charge < -0.3 is 10.7 Å². The van der Waals surface area contributed by atoms with E-state index in [2.05, 4.69) is 41.0 Å². The molecule has 0 amide bonds. The molecule has 3 heterocycles. The molecule has 5 rings (SSSR count). The van der Waals surface area contributed by atoms with Crippen LogP contribution in [0.2, 0.25) is 0 Å². The zero-order chi connectivity index (χ0) is 22.2. The predicted octanol–water partition coefficient (Wildman–Crippen LogP) is 3.38. The molecule has 0 saturated heterocycles. The van der Waals surface area contributed by atoms with E-state index in [0.717, 1.165) is 47.7 Å². The molecule has 0 unspecified atom stereocenters. The van der Waals surface area contributed by atoms with Crippen molar-refractivity contribution in [2.45, 2.75) is 33.4 Å². The van der Waals surface area contributed by atoms with E-state index < -0.39 is 0 Å². The van der Waals surface area contributed by atoms with Gasteiger partial charge >= 0.3 is 0 Å². The van der Waals surface area contributed by atoms with E-state index in [9.17, 15) is 4.79 Å². The Labute approximate surface area is 186 Å². The fraction of sp³-hybridized carbons (Fsp3) is 0.240. The Bertz CT molecular complexity index is 1340. The van der Waals surface area contributed by atoms with Gasteiger partial charge in [-0.15, -0.1) is 0 Å². The molecule has 0 fully saturated rings. The summed E-state index contributed by atoms with van der Waals surface area (Å²) >= 11 is 0. The summed E-state index contributed by atoms with van der Waals surface area (Å²) in [6.45, 7) is 6.36. The highest BCUT2D eigenvalue weighted by Crippen LogP contribution is 2.23. The van der Waals surface area contributed by atoms with Gasteiger partial charge in [0, 0.05) is 48.6 Å². The number of H-pyrrole nitrogens is 1. The quantitative estimate of drug-likeness (QED) is 0.488. The minimum absolute atomic E-state index is 0.0705. The number of aromatic amines is 1. The summed E-state index contributed by atoms with van der Waals surface area (Å²) in [6, 6.07) is 15.6. The lowest BCUT2D eigenvalue weighted by molar-refractivity contribution is 0.241. The number of nitrogens with zero attached hydrogens (tertiary/aromatic N) is 4. The molecule has 3 N–H and O–H groups in total. The number of fused-ring (bicyclic) bond motifs is 1. The molecule has 0 atom stereocenters. The summed E-state index contributed by atoms with van der Waals surface area (Å²) in [5.41, 5.74) is 13.4. The largest absolute Gasteiger partial charge is 0.399 e. The summed E-state index contributed by atoms with van der Waals surface area (Å²) in [5, 5.41) is 4.63. The van der Waals surface area contributed by atoms with Crippen LogP contribution in [0, 0.1) is 13.8 Å². The molecule has 1 aliphatic rings. The van der Waals surface area contributed by atoms with Gasteiger partial charge in [-0.1, -0.05) is 18.2 Å². The number of hydrogen-bond donors (Lipinski definition) is 2. The van der Waals surface area contributed by atoms with Gasteiger partial charge in [-0.05, 0) is 49.7 Å². The summed E-state index contributed by atoms with van der Waals surface area (Å²) in [7, 11) is 0. The highest BCUT2D eigenvalue weighted by molar-refractivity contribution is 5.58. The Hall–Kier alpha value is -3.71. The summed E-state index contributed by atoms with van der Waals surface area (Å²) < 4.78 is 2.00. The maximum absolute atomic E-state index is 12.9. The number of para-hydroxylation sites is 1. The number of rotatable bonds is 4. The fourth-order valence-electron chi connectivity index (χ4n) is 4.28. The number of nitrogen functional groups attached to an aromatic ring is 1. The molecular weight excluding hydrogens is 400 g/mol. The second kappa shape index (κ2) is 8.09. The predicted molar refractivity (Wildman–Crippen MR) is 126 cm³/mol. The van der Waals surface area contributed by atoms with E-state index in [4.69, 9.17) is 10.7 Å². The van der Waals surface area contributed by atoms with Crippen molar-refractivity contribution in [3.63, 3.8) is 0 Å². The number of hydrogen-bond acceptors (Lipinski definition) is 5. The molecule has 2 aromatic carbocycles. The first-order valence-electron chi connectivity index (χ1n) is 10.8. The van der Waals surface area contributed by atoms with Gasteiger partial charge in [0.05, 0.1) is 23.1 Å². The molecule has 0 radical (unpaired) electrons. The SMILES string of the molecule is Cc1ccccc1-n1ncc(CN2CCc3nc(-c4ccc(N)cc4)[nH]c(=O)c3C2)c1C. The number of aryl methyl sites for hydroxylation is 1. The van der Waals surface area contributed by atoms with Gasteiger partial charge in [0.2, 0.25) is 0 Å². The molecule has 162 valence electrons. The Balaban J connectivity index is 1.37. The van der Waals surface area contributed by atoms with Crippen molar-refractivity contribution in [2.75, 3.05) is 12.3 Å². The average molecular weight is 427 g/mol. The third kappa shape index (κ3) is 3.71. The molecule has 0 aliphatic carbocycles. The monoisotopic (exact) mass is 426 g/mol. The second-order valence-corrected chi connectivity index (χ2v) is 8.38. The molecule has 4 aromatic rings. The van der Waals surface area contributed by atoms with E-state index in [1.54, 1.807) is 0 Å². The van der Waals surface area contributed by atoms with Crippen molar-refractivity contribution >= 4 is 5.69 Å². The van der Waals surface area contributed by atoms with Gasteiger partial charge in [-0.3, -0.25) is 9.69 Å². The van der Waals surface area contributed by atoms with Crippen LogP contribution >= 0.6 is 0 Å². The Morgan fingerprint density at radius 1 is 1.09 bits per heavy atom. The van der Waals surface area contributed by atoms with Crippen LogP contribution < -0.4 is 11.3 Å². The van der Waals surface area contributed by atoms with Crippen molar-refractivity contribution in [1.82, 2.24) is 24.6 Å². The summed E-state index contributed by atoms with van der Waals surface area (Å²) in [4.78, 5) is 22.8. The van der Waals surface area contributed by atoms with E-state index >= 15 is 0 Å². The first kappa shape index (κ1) is 20.2. The molecule has 7 nitrogen and oxygen atoms in total. The third-order valence-electron chi connectivity index (χ3n) is 6.18. The highest BCUT2D eigenvalue weighted by Gasteiger charge is 2.23. The molecule has 0 saturated carbocycles. The second-order valence-electron chi connectivity index (χ2n) is 8.38. The van der Waals surface area contributed by atoms with Gasteiger partial charge in [0.25, 0.3) is 5.56 Å². The minimum atomic E-state index is -0.0705. The van der Waals surface area contributed by atoms with Crippen LogP contribution in [0.3, 0.4) is 0 Å². The first-order chi connectivity index (χ1) is 15.5. The van der Waals surface area contributed by atoms with Gasteiger partial charge in [-0.25, -0.2) is 9.67 Å². The Morgan fingerprint density at radius 2 is 1.88 bits per heavy atom. The number of anilines is 1. The van der Waals surface area contributed by atoms with Crippen LogP contribution in [0.1, 0.15) is 28.1 Å². The molecule has 7 heteroatoms. The standard InChI is InChI=1S/C25H26N6O/c1-16-5-3-4-6-23(16)31-17(2)19(13-27-31)14-30-12-11-22-21(15-30)25(32)29-24(28-22)18-7-9-20(26)10-8-18/h3-10,13H,11-12,14-15,26H2,1-2H3,(H,28,29,32). The van der Waals surface area contributed by atoms with E-state index in [0.29, 0.717) is 18.1 Å². The maximum atomic E-state index is 12.9.